The predicted molar refractivity (Wildman–Crippen MR) is 95.6 cm³/mol. The maximum Gasteiger partial charge on any atom is 0.356 e. The van der Waals surface area contributed by atoms with E-state index in [9.17, 15) is 9.90 Å². The van der Waals surface area contributed by atoms with Gasteiger partial charge in [0.25, 0.3) is 0 Å². The van der Waals surface area contributed by atoms with Crippen molar-refractivity contribution in [3.63, 3.8) is 0 Å². The molecule has 7 heteroatoms. The first kappa shape index (κ1) is 17.3. The van der Waals surface area contributed by atoms with Gasteiger partial charge in [0.1, 0.15) is 17.2 Å². The second-order valence-electron chi connectivity index (χ2n) is 5.40. The van der Waals surface area contributed by atoms with Gasteiger partial charge in [-0.25, -0.2) is 9.48 Å². The van der Waals surface area contributed by atoms with E-state index in [0.717, 1.165) is 0 Å². The van der Waals surface area contributed by atoms with Crippen LogP contribution in [0.25, 0.3) is 16.9 Å². The summed E-state index contributed by atoms with van der Waals surface area (Å²) in [4.78, 5) is 11.4. The summed E-state index contributed by atoms with van der Waals surface area (Å²) in [5, 5.41) is 13.6. The van der Waals surface area contributed by atoms with E-state index in [1.54, 1.807) is 68.5 Å². The first-order valence-corrected chi connectivity index (χ1v) is 7.77. The van der Waals surface area contributed by atoms with Gasteiger partial charge in [-0.15, -0.1) is 0 Å². The molecule has 1 aromatic heterocycles. The average Bonchev–Trinajstić information content (AvgIpc) is 3.13. The maximum atomic E-state index is 11.4. The van der Waals surface area contributed by atoms with Crippen molar-refractivity contribution in [3.8, 4) is 34.2 Å². The molecular weight excluding hydrogens is 336 g/mol. The summed E-state index contributed by atoms with van der Waals surface area (Å²) in [7, 11) is 4.70. The number of aromatic nitrogens is 2. The highest BCUT2D eigenvalue weighted by Crippen LogP contribution is 2.35. The Morgan fingerprint density at radius 2 is 1.58 bits per heavy atom. The summed E-state index contributed by atoms with van der Waals surface area (Å²) < 4.78 is 17.4. The fourth-order valence-electron chi connectivity index (χ4n) is 2.61. The Balaban J connectivity index is 2.18. The van der Waals surface area contributed by atoms with Crippen LogP contribution in [-0.2, 0) is 0 Å². The van der Waals surface area contributed by atoms with Crippen LogP contribution in [0.4, 0.5) is 0 Å². The van der Waals surface area contributed by atoms with Gasteiger partial charge in [0.05, 0.1) is 32.7 Å². The minimum absolute atomic E-state index is 0.0614. The third kappa shape index (κ3) is 3.19. The molecule has 26 heavy (non-hydrogen) atoms. The predicted octanol–water partition coefficient (Wildman–Crippen LogP) is 3.26. The molecule has 0 aliphatic rings. The van der Waals surface area contributed by atoms with Crippen LogP contribution < -0.4 is 14.2 Å². The molecule has 0 saturated heterocycles. The molecule has 7 nitrogen and oxygen atoms in total. The average molecular weight is 354 g/mol. The summed E-state index contributed by atoms with van der Waals surface area (Å²) >= 11 is 0. The molecule has 134 valence electrons. The Bertz CT molecular complexity index is 932. The Hall–Kier alpha value is -3.48. The molecule has 2 aromatic carbocycles. The number of benzene rings is 2. The third-order valence-corrected chi connectivity index (χ3v) is 3.93. The Morgan fingerprint density at radius 3 is 2.15 bits per heavy atom. The number of ether oxygens (including phenoxy) is 3. The lowest BCUT2D eigenvalue weighted by molar-refractivity contribution is 0.0690. The molecule has 0 bridgehead atoms. The minimum Gasteiger partial charge on any atom is -0.497 e. The number of methoxy groups -OCH3 is 3. The van der Waals surface area contributed by atoms with Crippen molar-refractivity contribution >= 4 is 5.97 Å². The van der Waals surface area contributed by atoms with Crippen molar-refractivity contribution in [2.45, 2.75) is 0 Å². The number of carbonyl (C=O) groups is 1. The molecule has 3 aromatic rings. The molecule has 0 aliphatic heterocycles. The van der Waals surface area contributed by atoms with Gasteiger partial charge in [-0.05, 0) is 42.5 Å². The molecule has 1 heterocycles. The van der Waals surface area contributed by atoms with Crippen LogP contribution in [0, 0.1) is 0 Å². The zero-order valence-corrected chi connectivity index (χ0v) is 14.6. The summed E-state index contributed by atoms with van der Waals surface area (Å²) in [6, 6.07) is 14.0. The summed E-state index contributed by atoms with van der Waals surface area (Å²) in [5.41, 5.74) is 1.93. The van der Waals surface area contributed by atoms with Gasteiger partial charge in [-0.2, -0.15) is 5.10 Å². The van der Waals surface area contributed by atoms with Crippen LogP contribution in [0.2, 0.25) is 0 Å². The molecule has 3 rings (SSSR count). The highest BCUT2D eigenvalue weighted by molar-refractivity contribution is 5.88. The minimum atomic E-state index is -1.11. The monoisotopic (exact) mass is 354 g/mol. The SMILES string of the molecule is COc1ccc(-n2nc(C(=O)O)cc2-c2ccc(OC)cc2OC)cc1. The van der Waals surface area contributed by atoms with E-state index in [4.69, 9.17) is 14.2 Å². The van der Waals surface area contributed by atoms with Crippen molar-refractivity contribution in [2.24, 2.45) is 0 Å². The van der Waals surface area contributed by atoms with Gasteiger partial charge < -0.3 is 19.3 Å². The van der Waals surface area contributed by atoms with Crippen LogP contribution in [0.15, 0.2) is 48.5 Å². The van der Waals surface area contributed by atoms with Gasteiger partial charge >= 0.3 is 5.97 Å². The number of aromatic carboxylic acids is 1. The van der Waals surface area contributed by atoms with Crippen LogP contribution in [-0.4, -0.2) is 42.2 Å². The van der Waals surface area contributed by atoms with E-state index in [1.807, 2.05) is 0 Å². The van der Waals surface area contributed by atoms with E-state index in [1.165, 1.54) is 6.07 Å². The Kier molecular flexibility index (Phi) is 4.79. The number of rotatable bonds is 6. The molecule has 0 aliphatic carbocycles. The molecule has 0 unspecified atom stereocenters. The number of carboxylic acids is 1. The molecule has 0 fully saturated rings. The molecule has 0 atom stereocenters. The van der Waals surface area contributed by atoms with Gasteiger partial charge in [-0.3, -0.25) is 0 Å². The molecule has 0 radical (unpaired) electrons. The highest BCUT2D eigenvalue weighted by atomic mass is 16.5. The van der Waals surface area contributed by atoms with Crippen LogP contribution in [0.5, 0.6) is 17.2 Å². The maximum absolute atomic E-state index is 11.4. The van der Waals surface area contributed by atoms with E-state index in [0.29, 0.717) is 34.2 Å². The molecule has 0 amide bonds. The zero-order chi connectivity index (χ0) is 18.7. The van der Waals surface area contributed by atoms with Crippen molar-refractivity contribution in [2.75, 3.05) is 21.3 Å². The summed E-state index contributed by atoms with van der Waals surface area (Å²) in [6.45, 7) is 0. The molecule has 1 N–H and O–H groups in total. The van der Waals surface area contributed by atoms with Crippen LogP contribution in [0.1, 0.15) is 10.5 Å². The van der Waals surface area contributed by atoms with E-state index < -0.39 is 5.97 Å². The van der Waals surface area contributed by atoms with E-state index >= 15 is 0 Å². The van der Waals surface area contributed by atoms with Gasteiger partial charge in [0.15, 0.2) is 5.69 Å². The topological polar surface area (TPSA) is 82.8 Å². The normalized spacial score (nSPS) is 10.4. The number of hydrogen-bond donors (Lipinski definition) is 1. The van der Waals surface area contributed by atoms with Gasteiger partial charge in [-0.1, -0.05) is 0 Å². The Labute approximate surface area is 150 Å². The first-order chi connectivity index (χ1) is 12.6. The van der Waals surface area contributed by atoms with Crippen molar-refractivity contribution in [3.05, 3.63) is 54.2 Å². The molecular formula is C19H18N2O5. The first-order valence-electron chi connectivity index (χ1n) is 7.77. The molecule has 0 spiro atoms. The standard InChI is InChI=1S/C19H18N2O5/c1-24-13-6-4-12(5-7-13)21-17(11-16(20-21)19(22)23)15-9-8-14(25-2)10-18(15)26-3/h4-11H,1-3H3,(H,22,23). The lowest BCUT2D eigenvalue weighted by atomic mass is 10.1. The summed E-state index contributed by atoms with van der Waals surface area (Å²) in [5.74, 6) is 0.782. The number of carboxylic acid groups (broad SMARTS) is 1. The van der Waals surface area contributed by atoms with Gasteiger partial charge in [0, 0.05) is 11.6 Å². The highest BCUT2D eigenvalue weighted by Gasteiger charge is 2.19. The second-order valence-corrected chi connectivity index (χ2v) is 5.40. The lowest BCUT2D eigenvalue weighted by Crippen LogP contribution is -2.03. The quantitative estimate of drug-likeness (QED) is 0.732. The van der Waals surface area contributed by atoms with E-state index in [-0.39, 0.29) is 5.69 Å². The van der Waals surface area contributed by atoms with Crippen molar-refractivity contribution < 1.29 is 24.1 Å². The molecule has 0 saturated carbocycles. The van der Waals surface area contributed by atoms with Crippen molar-refractivity contribution in [1.29, 1.82) is 0 Å². The zero-order valence-electron chi connectivity index (χ0n) is 14.6. The fourth-order valence-corrected chi connectivity index (χ4v) is 2.61. The number of hydrogen-bond acceptors (Lipinski definition) is 5. The van der Waals surface area contributed by atoms with Crippen molar-refractivity contribution in [1.82, 2.24) is 9.78 Å². The summed E-state index contributed by atoms with van der Waals surface area (Å²) in [6.07, 6.45) is 0. The largest absolute Gasteiger partial charge is 0.497 e. The lowest BCUT2D eigenvalue weighted by Gasteiger charge is -2.12. The fraction of sp³-hybridized carbons (Fsp3) is 0.158. The number of nitrogens with zero attached hydrogens (tertiary/aromatic N) is 2. The second kappa shape index (κ2) is 7.18. The smallest absolute Gasteiger partial charge is 0.356 e. The van der Waals surface area contributed by atoms with Crippen LogP contribution in [0.3, 0.4) is 0 Å². The van der Waals surface area contributed by atoms with E-state index in [2.05, 4.69) is 5.10 Å². The third-order valence-electron chi connectivity index (χ3n) is 3.93. The van der Waals surface area contributed by atoms with Crippen LogP contribution >= 0.6 is 0 Å². The Morgan fingerprint density at radius 1 is 0.923 bits per heavy atom. The van der Waals surface area contributed by atoms with Gasteiger partial charge in [0.2, 0.25) is 0 Å².